The SMILES string of the molecule is CC/C=C\C/C=C\C/C=C\C/C=C\C/C=C\C/C=C\CCCCCCC(=O)OC(COCCCCC/C=C\C/C=C\C/C=C\C/C=C\C/C=C\C/C=C\CC)COP(=O)(O)OC1C(O)C(O)C(O)C(O)C1O. The van der Waals surface area contributed by atoms with E-state index >= 15 is 0 Å². The lowest BCUT2D eigenvalue weighted by atomic mass is 9.85. The van der Waals surface area contributed by atoms with Crippen molar-refractivity contribution in [1.82, 2.24) is 0 Å². The number of phosphoric acid groups is 1. The summed E-state index contributed by atoms with van der Waals surface area (Å²) in [6, 6.07) is 0. The van der Waals surface area contributed by atoms with Gasteiger partial charge in [-0.25, -0.2) is 4.57 Å². The number of hydrogen-bond acceptors (Lipinski definition) is 11. The van der Waals surface area contributed by atoms with Gasteiger partial charge in [0.2, 0.25) is 0 Å². The number of rotatable bonds is 43. The van der Waals surface area contributed by atoms with Crippen LogP contribution in [0.4, 0.5) is 0 Å². The second-order valence-electron chi connectivity index (χ2n) is 17.6. The van der Waals surface area contributed by atoms with E-state index in [2.05, 4.69) is 160 Å². The zero-order chi connectivity index (χ0) is 52.6. The van der Waals surface area contributed by atoms with Crippen LogP contribution in [0.1, 0.15) is 155 Å². The lowest BCUT2D eigenvalue weighted by molar-refractivity contribution is -0.220. The highest BCUT2D eigenvalue weighted by molar-refractivity contribution is 7.47. The third kappa shape index (κ3) is 37.9. The number of phosphoric ester groups is 1. The molecule has 6 N–H and O–H groups in total. The van der Waals surface area contributed by atoms with Crippen molar-refractivity contribution in [3.05, 3.63) is 146 Å². The first kappa shape index (κ1) is 66.2. The molecule has 1 saturated carbocycles. The summed E-state index contributed by atoms with van der Waals surface area (Å²) in [4.78, 5) is 23.3. The van der Waals surface area contributed by atoms with Gasteiger partial charge in [-0.05, 0) is 116 Å². The standard InChI is InChI=1S/C59H93O12P/c1-3-5-7-9-11-13-15-17-19-21-23-25-27-28-30-32-34-36-38-40-42-44-46-48-53(60)70-52(51-69-72(66,67)71-59-57(64)55(62)54(61)56(63)58(59)65)50-68-49-47-45-43-41-39-37-35-33-31-29-26-24-22-20-18-16-14-12-10-8-6-4-2/h5-8,11-14,17-20,23-26,28,30-31,33-34,36-37,39,52,54-59,61-65H,3-4,9-10,15-16,21-22,27,29,32,35,38,40-51H2,1-2H3,(H,66,67)/b7-5-,8-6-,13-11-,14-12-,19-17-,20-18-,25-23-,26-24-,30-28-,33-31-,36-34-,39-37-. The topological polar surface area (TPSA) is 192 Å². The van der Waals surface area contributed by atoms with E-state index in [1.54, 1.807) is 0 Å². The Labute approximate surface area is 434 Å². The second-order valence-corrected chi connectivity index (χ2v) is 19.0. The van der Waals surface area contributed by atoms with Crippen LogP contribution in [0.5, 0.6) is 0 Å². The number of aliphatic hydroxyl groups excluding tert-OH is 5. The van der Waals surface area contributed by atoms with Crippen molar-refractivity contribution in [3.63, 3.8) is 0 Å². The highest BCUT2D eigenvalue weighted by Gasteiger charge is 2.51. The minimum Gasteiger partial charge on any atom is -0.457 e. The smallest absolute Gasteiger partial charge is 0.457 e. The number of carbonyl (C=O) groups is 1. The largest absolute Gasteiger partial charge is 0.472 e. The van der Waals surface area contributed by atoms with Gasteiger partial charge in [-0.1, -0.05) is 179 Å². The molecule has 0 aliphatic heterocycles. The van der Waals surface area contributed by atoms with E-state index in [4.69, 9.17) is 18.5 Å². The summed E-state index contributed by atoms with van der Waals surface area (Å²) in [5.41, 5.74) is 0. The molecule has 12 nitrogen and oxygen atoms in total. The number of hydrogen-bond donors (Lipinski definition) is 6. The van der Waals surface area contributed by atoms with Gasteiger partial charge in [0, 0.05) is 13.0 Å². The first-order valence-corrected chi connectivity index (χ1v) is 28.2. The number of unbranched alkanes of at least 4 members (excludes halogenated alkanes) is 7. The average Bonchev–Trinajstić information content (AvgIpc) is 3.37. The van der Waals surface area contributed by atoms with Gasteiger partial charge in [0.15, 0.2) is 0 Å². The molecule has 0 heterocycles. The van der Waals surface area contributed by atoms with Gasteiger partial charge in [-0.15, -0.1) is 0 Å². The molecule has 0 bridgehead atoms. The van der Waals surface area contributed by atoms with Gasteiger partial charge < -0.3 is 39.9 Å². The first-order chi connectivity index (χ1) is 35.0. The van der Waals surface area contributed by atoms with Crippen LogP contribution in [-0.2, 0) is 27.9 Å². The van der Waals surface area contributed by atoms with Crippen LogP contribution in [0.3, 0.4) is 0 Å². The molecule has 0 amide bonds. The molecule has 0 aromatic carbocycles. The molecule has 72 heavy (non-hydrogen) atoms. The van der Waals surface area contributed by atoms with Crippen molar-refractivity contribution in [2.75, 3.05) is 19.8 Å². The molecule has 1 rings (SSSR count). The van der Waals surface area contributed by atoms with Crippen LogP contribution >= 0.6 is 7.82 Å². The van der Waals surface area contributed by atoms with Gasteiger partial charge >= 0.3 is 13.8 Å². The van der Waals surface area contributed by atoms with Crippen LogP contribution in [0.25, 0.3) is 0 Å². The van der Waals surface area contributed by atoms with Gasteiger partial charge in [-0.2, -0.15) is 0 Å². The molecule has 13 heteroatoms. The fourth-order valence-electron chi connectivity index (χ4n) is 7.07. The molecule has 6 atom stereocenters. The van der Waals surface area contributed by atoms with Crippen LogP contribution in [0.15, 0.2) is 146 Å². The van der Waals surface area contributed by atoms with Crippen molar-refractivity contribution >= 4 is 13.8 Å². The number of esters is 1. The molecule has 0 aromatic rings. The molecule has 1 fully saturated rings. The molecular weight excluding hydrogens is 932 g/mol. The maximum Gasteiger partial charge on any atom is 0.472 e. The predicted octanol–water partition coefficient (Wildman–Crippen LogP) is 12.5. The highest BCUT2D eigenvalue weighted by atomic mass is 31.2. The summed E-state index contributed by atoms with van der Waals surface area (Å²) in [6.45, 7) is 3.91. The molecule has 0 saturated heterocycles. The summed E-state index contributed by atoms with van der Waals surface area (Å²) in [5, 5.41) is 50.4. The molecule has 406 valence electrons. The normalized spacial score (nSPS) is 21.8. The zero-order valence-corrected chi connectivity index (χ0v) is 44.5. The third-order valence-electron chi connectivity index (χ3n) is 11.2. The predicted molar refractivity (Wildman–Crippen MR) is 294 cm³/mol. The maximum absolute atomic E-state index is 12.9. The fourth-order valence-corrected chi connectivity index (χ4v) is 8.04. The van der Waals surface area contributed by atoms with Crippen LogP contribution < -0.4 is 0 Å². The van der Waals surface area contributed by atoms with Crippen molar-refractivity contribution in [2.24, 2.45) is 0 Å². The fraction of sp³-hybridized carbons (Fsp3) is 0.576. The third-order valence-corrected chi connectivity index (χ3v) is 12.2. The lowest BCUT2D eigenvalue weighted by Crippen LogP contribution is -2.64. The summed E-state index contributed by atoms with van der Waals surface area (Å²) < 4.78 is 34.3. The van der Waals surface area contributed by atoms with Gasteiger partial charge in [0.05, 0.1) is 13.2 Å². The number of ether oxygens (including phenoxy) is 2. The van der Waals surface area contributed by atoms with Crippen LogP contribution in [0.2, 0.25) is 0 Å². The molecule has 1 aliphatic carbocycles. The van der Waals surface area contributed by atoms with Crippen molar-refractivity contribution in [1.29, 1.82) is 0 Å². The van der Waals surface area contributed by atoms with Crippen LogP contribution in [0, 0.1) is 0 Å². The summed E-state index contributed by atoms with van der Waals surface area (Å²) in [5.74, 6) is -0.521. The van der Waals surface area contributed by atoms with Crippen molar-refractivity contribution < 1.29 is 58.3 Å². The van der Waals surface area contributed by atoms with Gasteiger partial charge in [0.1, 0.15) is 42.7 Å². The number of carbonyl (C=O) groups excluding carboxylic acids is 1. The van der Waals surface area contributed by atoms with E-state index in [0.717, 1.165) is 128 Å². The van der Waals surface area contributed by atoms with Gasteiger partial charge in [0.25, 0.3) is 0 Å². The molecule has 0 aromatic heterocycles. The Balaban J connectivity index is 2.41. The summed E-state index contributed by atoms with van der Waals surface area (Å²) in [6.07, 6.45) is 59.0. The van der Waals surface area contributed by atoms with E-state index in [9.17, 15) is 39.8 Å². The van der Waals surface area contributed by atoms with E-state index in [1.165, 1.54) is 0 Å². The number of allylic oxidation sites excluding steroid dienone is 24. The Kier molecular flexibility index (Phi) is 43.2. The van der Waals surface area contributed by atoms with E-state index in [0.29, 0.717) is 13.0 Å². The van der Waals surface area contributed by atoms with Crippen LogP contribution in [-0.4, -0.2) is 98.9 Å². The quantitative estimate of drug-likeness (QED) is 0.0147. The Morgan fingerprint density at radius 3 is 1.17 bits per heavy atom. The van der Waals surface area contributed by atoms with Gasteiger partial charge in [-0.3, -0.25) is 13.8 Å². The molecular formula is C59H93O12P. The maximum atomic E-state index is 12.9. The summed E-state index contributed by atoms with van der Waals surface area (Å²) in [7, 11) is -5.06. The van der Waals surface area contributed by atoms with E-state index < -0.39 is 63.1 Å². The molecule has 1 aliphatic rings. The molecule has 6 unspecified atom stereocenters. The lowest BCUT2D eigenvalue weighted by Gasteiger charge is -2.41. The Bertz CT molecular complexity index is 1740. The Morgan fingerprint density at radius 1 is 0.444 bits per heavy atom. The minimum absolute atomic E-state index is 0.122. The zero-order valence-electron chi connectivity index (χ0n) is 43.7. The monoisotopic (exact) mass is 1020 g/mol. The molecule has 0 radical (unpaired) electrons. The average molecular weight is 1030 g/mol. The van der Waals surface area contributed by atoms with Crippen molar-refractivity contribution in [2.45, 2.75) is 198 Å². The minimum atomic E-state index is -5.06. The Hall–Kier alpha value is -3.78. The highest BCUT2D eigenvalue weighted by Crippen LogP contribution is 2.47. The first-order valence-electron chi connectivity index (χ1n) is 26.7. The van der Waals surface area contributed by atoms with E-state index in [-0.39, 0.29) is 13.0 Å². The summed E-state index contributed by atoms with van der Waals surface area (Å²) >= 11 is 0. The van der Waals surface area contributed by atoms with E-state index in [1.807, 2.05) is 0 Å². The molecule has 0 spiro atoms. The second kappa shape index (κ2) is 47.0. The Morgan fingerprint density at radius 2 is 0.778 bits per heavy atom. The van der Waals surface area contributed by atoms with Crippen molar-refractivity contribution in [3.8, 4) is 0 Å². The number of aliphatic hydroxyl groups is 5.